The molecular weight excluding hydrogens is 456 g/mol. The lowest BCUT2D eigenvalue weighted by Gasteiger charge is -2.22. The number of nitrogens with one attached hydrogen (secondary N) is 1. The fraction of sp³-hybridized carbons (Fsp3) is 0.519. The van der Waals surface area contributed by atoms with E-state index in [0.717, 1.165) is 50.7 Å². The molecule has 0 aliphatic carbocycles. The minimum absolute atomic E-state index is 0.250. The number of rotatable bonds is 10. The van der Waals surface area contributed by atoms with Gasteiger partial charge in [0.2, 0.25) is 0 Å². The van der Waals surface area contributed by atoms with Crippen LogP contribution in [0.15, 0.2) is 40.8 Å². The van der Waals surface area contributed by atoms with Gasteiger partial charge in [-0.1, -0.05) is 26.0 Å². The summed E-state index contributed by atoms with van der Waals surface area (Å²) in [6.07, 6.45) is 1.58. The molecule has 0 radical (unpaired) electrons. The van der Waals surface area contributed by atoms with Crippen LogP contribution in [-0.4, -0.2) is 59.9 Å². The molecule has 4 rings (SSSR count). The number of hydrogen-bond donors (Lipinski definition) is 1. The largest absolute Gasteiger partial charge is 0.453 e. The van der Waals surface area contributed by atoms with E-state index in [2.05, 4.69) is 82.1 Å². The first-order chi connectivity index (χ1) is 17.3. The standard InChI is InChI=1S/C27H38N6O3/c1-19(2)16-23(28-27(34)24-11-10-22(36-24)18-35-5)26-30-29-25-12-13-32(14-15-33(25)26)17-20-6-8-21(9-7-20)31(3)4/h6-11,19,23H,12-18H2,1-5H3,(H,28,34)/t23-/m0/s1. The Kier molecular flexibility index (Phi) is 8.43. The van der Waals surface area contributed by atoms with Crippen molar-refractivity contribution in [1.29, 1.82) is 0 Å². The van der Waals surface area contributed by atoms with E-state index >= 15 is 0 Å². The number of fused-ring (bicyclic) bond motifs is 1. The van der Waals surface area contributed by atoms with Crippen LogP contribution in [0, 0.1) is 5.92 Å². The molecule has 1 atom stereocenters. The fourth-order valence-corrected chi connectivity index (χ4v) is 4.61. The van der Waals surface area contributed by atoms with Crippen molar-refractivity contribution in [1.82, 2.24) is 25.0 Å². The molecule has 1 amide bonds. The van der Waals surface area contributed by atoms with Crippen molar-refractivity contribution in [3.63, 3.8) is 0 Å². The Morgan fingerprint density at radius 2 is 1.89 bits per heavy atom. The summed E-state index contributed by atoms with van der Waals surface area (Å²) in [5.41, 5.74) is 2.50. The van der Waals surface area contributed by atoms with Crippen LogP contribution in [0.5, 0.6) is 0 Å². The van der Waals surface area contributed by atoms with Crippen molar-refractivity contribution in [2.75, 3.05) is 39.2 Å². The lowest BCUT2D eigenvalue weighted by atomic mass is 10.0. The van der Waals surface area contributed by atoms with Crippen molar-refractivity contribution < 1.29 is 13.9 Å². The van der Waals surface area contributed by atoms with Crippen LogP contribution < -0.4 is 10.2 Å². The van der Waals surface area contributed by atoms with Crippen molar-refractivity contribution >= 4 is 11.6 Å². The van der Waals surface area contributed by atoms with Crippen LogP contribution in [0.4, 0.5) is 5.69 Å². The van der Waals surface area contributed by atoms with E-state index in [4.69, 9.17) is 9.15 Å². The van der Waals surface area contributed by atoms with Gasteiger partial charge in [-0.25, -0.2) is 0 Å². The quantitative estimate of drug-likeness (QED) is 0.460. The number of aromatic nitrogens is 3. The highest BCUT2D eigenvalue weighted by molar-refractivity contribution is 5.91. The lowest BCUT2D eigenvalue weighted by molar-refractivity contribution is 0.0892. The SMILES string of the molecule is COCc1ccc(C(=O)N[C@@H](CC(C)C)c2nnc3n2CCN(Cc2ccc(N(C)C)cc2)CC3)o1. The number of benzene rings is 1. The molecule has 9 heteroatoms. The van der Waals surface area contributed by atoms with E-state index in [1.54, 1.807) is 19.2 Å². The number of ether oxygens (including phenoxy) is 1. The van der Waals surface area contributed by atoms with Crippen molar-refractivity contribution in [2.45, 2.75) is 52.4 Å². The minimum Gasteiger partial charge on any atom is -0.453 e. The zero-order valence-corrected chi connectivity index (χ0v) is 22.0. The Labute approximate surface area is 213 Å². The minimum atomic E-state index is -0.253. The summed E-state index contributed by atoms with van der Waals surface area (Å²) < 4.78 is 12.9. The highest BCUT2D eigenvalue weighted by atomic mass is 16.5. The molecule has 0 unspecified atom stereocenters. The number of carbonyl (C=O) groups excluding carboxylic acids is 1. The Bertz CT molecular complexity index is 1130. The number of amides is 1. The summed E-state index contributed by atoms with van der Waals surface area (Å²) >= 11 is 0. The van der Waals surface area contributed by atoms with Crippen LogP contribution in [0.1, 0.15) is 59.8 Å². The van der Waals surface area contributed by atoms with E-state index in [1.807, 2.05) is 0 Å². The molecule has 1 aliphatic heterocycles. The van der Waals surface area contributed by atoms with Crippen LogP contribution in [0.3, 0.4) is 0 Å². The first kappa shape index (κ1) is 25.9. The topological polar surface area (TPSA) is 88.7 Å². The Balaban J connectivity index is 1.45. The molecule has 0 spiro atoms. The van der Waals surface area contributed by atoms with Crippen molar-refractivity contribution in [3.05, 3.63) is 65.1 Å². The molecule has 0 fully saturated rings. The molecule has 0 saturated carbocycles. The molecule has 0 saturated heterocycles. The molecular formula is C27H38N6O3. The van der Waals surface area contributed by atoms with Gasteiger partial charge < -0.3 is 23.9 Å². The van der Waals surface area contributed by atoms with Crippen LogP contribution in [-0.2, 0) is 30.9 Å². The zero-order valence-electron chi connectivity index (χ0n) is 22.0. The van der Waals surface area contributed by atoms with Gasteiger partial charge in [-0.2, -0.15) is 0 Å². The van der Waals surface area contributed by atoms with Gasteiger partial charge in [0.15, 0.2) is 11.6 Å². The highest BCUT2D eigenvalue weighted by Crippen LogP contribution is 2.24. The highest BCUT2D eigenvalue weighted by Gasteiger charge is 2.27. The second-order valence-corrected chi connectivity index (χ2v) is 10.1. The number of nitrogens with zero attached hydrogens (tertiary/aromatic N) is 5. The number of furan rings is 1. The predicted molar refractivity (Wildman–Crippen MR) is 139 cm³/mol. The first-order valence-electron chi connectivity index (χ1n) is 12.6. The smallest absolute Gasteiger partial charge is 0.287 e. The number of anilines is 1. The summed E-state index contributed by atoms with van der Waals surface area (Å²) in [6.45, 7) is 8.12. The van der Waals surface area contributed by atoms with Crippen molar-refractivity contribution in [3.8, 4) is 0 Å². The van der Waals surface area contributed by atoms with E-state index in [1.165, 1.54) is 11.3 Å². The first-order valence-corrected chi connectivity index (χ1v) is 12.6. The average Bonchev–Trinajstić information content (AvgIpc) is 3.43. The third-order valence-electron chi connectivity index (χ3n) is 6.50. The fourth-order valence-electron chi connectivity index (χ4n) is 4.61. The van der Waals surface area contributed by atoms with Crippen LogP contribution >= 0.6 is 0 Å². The van der Waals surface area contributed by atoms with E-state index in [0.29, 0.717) is 18.3 Å². The molecule has 1 aliphatic rings. The maximum absolute atomic E-state index is 13.0. The lowest BCUT2D eigenvalue weighted by Crippen LogP contribution is -2.32. The molecule has 194 valence electrons. The number of methoxy groups -OCH3 is 1. The summed E-state index contributed by atoms with van der Waals surface area (Å²) in [4.78, 5) is 17.6. The number of carbonyl (C=O) groups is 1. The molecule has 36 heavy (non-hydrogen) atoms. The normalized spacial score (nSPS) is 14.9. The van der Waals surface area contributed by atoms with Gasteiger partial charge in [0.1, 0.15) is 18.2 Å². The maximum atomic E-state index is 13.0. The Hall–Kier alpha value is -3.17. The predicted octanol–water partition coefficient (Wildman–Crippen LogP) is 3.66. The van der Waals surface area contributed by atoms with Gasteiger partial charge in [-0.3, -0.25) is 9.69 Å². The van der Waals surface area contributed by atoms with E-state index in [-0.39, 0.29) is 17.7 Å². The molecule has 0 bridgehead atoms. The second kappa shape index (κ2) is 11.7. The molecule has 1 N–H and O–H groups in total. The van der Waals surface area contributed by atoms with Gasteiger partial charge in [0.05, 0.1) is 6.04 Å². The third-order valence-corrected chi connectivity index (χ3v) is 6.50. The second-order valence-electron chi connectivity index (χ2n) is 10.1. The third kappa shape index (κ3) is 6.33. The Morgan fingerprint density at radius 1 is 1.11 bits per heavy atom. The molecule has 9 nitrogen and oxygen atoms in total. The summed E-state index contributed by atoms with van der Waals surface area (Å²) in [7, 11) is 5.71. The van der Waals surface area contributed by atoms with E-state index < -0.39 is 0 Å². The molecule has 2 aromatic heterocycles. The molecule has 3 heterocycles. The van der Waals surface area contributed by atoms with Gasteiger partial charge in [-0.05, 0) is 42.2 Å². The van der Waals surface area contributed by atoms with Gasteiger partial charge >= 0.3 is 0 Å². The van der Waals surface area contributed by atoms with Gasteiger partial charge in [0, 0.05) is 59.5 Å². The summed E-state index contributed by atoms with van der Waals surface area (Å²) in [6, 6.07) is 11.9. The monoisotopic (exact) mass is 494 g/mol. The molecule has 1 aromatic carbocycles. The Morgan fingerprint density at radius 3 is 2.58 bits per heavy atom. The molecule has 3 aromatic rings. The summed E-state index contributed by atoms with van der Waals surface area (Å²) in [5, 5.41) is 12.2. The van der Waals surface area contributed by atoms with Gasteiger partial charge in [-0.15, -0.1) is 10.2 Å². The zero-order chi connectivity index (χ0) is 25.7. The van der Waals surface area contributed by atoms with Crippen LogP contribution in [0.2, 0.25) is 0 Å². The maximum Gasteiger partial charge on any atom is 0.287 e. The van der Waals surface area contributed by atoms with E-state index in [9.17, 15) is 4.79 Å². The average molecular weight is 495 g/mol. The van der Waals surface area contributed by atoms with Crippen molar-refractivity contribution in [2.24, 2.45) is 5.92 Å². The van der Waals surface area contributed by atoms with Gasteiger partial charge in [0.25, 0.3) is 5.91 Å². The van der Waals surface area contributed by atoms with Crippen LogP contribution in [0.25, 0.3) is 0 Å². The number of hydrogen-bond acceptors (Lipinski definition) is 7. The summed E-state index contributed by atoms with van der Waals surface area (Å²) in [5.74, 6) is 2.80.